The summed E-state index contributed by atoms with van der Waals surface area (Å²) in [5, 5.41) is 0. The van der Waals surface area contributed by atoms with Crippen molar-refractivity contribution in [3.8, 4) is 5.75 Å². The van der Waals surface area contributed by atoms with Crippen molar-refractivity contribution < 1.29 is 26.7 Å². The minimum atomic E-state index is -3.81. The van der Waals surface area contributed by atoms with Crippen LogP contribution in [0.15, 0.2) is 17.6 Å². The van der Waals surface area contributed by atoms with Crippen LogP contribution in [0.25, 0.3) is 10.2 Å². The minimum absolute atomic E-state index is 0.0785. The maximum atomic E-state index is 12.5. The number of thiazole rings is 1. The Morgan fingerprint density at radius 2 is 2.13 bits per heavy atom. The van der Waals surface area contributed by atoms with Gasteiger partial charge in [0.05, 0.1) is 15.0 Å². The number of hydrogen-bond acceptors (Lipinski definition) is 6. The lowest BCUT2D eigenvalue weighted by Gasteiger charge is -2.13. The van der Waals surface area contributed by atoms with Gasteiger partial charge in [0.25, 0.3) is 5.91 Å². The first kappa shape index (κ1) is 16.1. The van der Waals surface area contributed by atoms with Gasteiger partial charge < -0.3 is 4.74 Å². The van der Waals surface area contributed by atoms with Crippen LogP contribution in [0.5, 0.6) is 5.75 Å². The Kier molecular flexibility index (Phi) is 3.75. The molecule has 1 N–H and O–H groups in total. The van der Waals surface area contributed by atoms with Gasteiger partial charge in [-0.2, -0.15) is 8.78 Å². The highest BCUT2D eigenvalue weighted by atomic mass is 32.2. The summed E-state index contributed by atoms with van der Waals surface area (Å²) in [5.41, 5.74) is 1.54. The fraction of sp³-hybridized carbons (Fsp3) is 0.385. The average Bonchev–Trinajstić information content (AvgIpc) is 3.03. The molecular formula is C13H12F2N2O4S2. The number of rotatable bonds is 5. The molecule has 0 bridgehead atoms. The van der Waals surface area contributed by atoms with E-state index < -0.39 is 27.3 Å². The number of carbonyl (C=O) groups excluding carboxylic acids is 1. The summed E-state index contributed by atoms with van der Waals surface area (Å²) in [4.78, 5) is 16.1. The summed E-state index contributed by atoms with van der Waals surface area (Å²) in [6, 6.07) is 2.46. The highest BCUT2D eigenvalue weighted by Gasteiger charge is 2.50. The second-order valence-electron chi connectivity index (χ2n) is 5.44. The van der Waals surface area contributed by atoms with Crippen molar-refractivity contribution in [2.24, 2.45) is 0 Å². The first-order valence-corrected chi connectivity index (χ1v) is 8.97. The number of nitrogens with one attached hydrogen (secondary N) is 1. The van der Waals surface area contributed by atoms with Crippen LogP contribution in [0.2, 0.25) is 0 Å². The molecule has 1 aliphatic rings. The number of amides is 1. The van der Waals surface area contributed by atoms with Gasteiger partial charge in [-0.3, -0.25) is 4.79 Å². The van der Waals surface area contributed by atoms with Gasteiger partial charge >= 0.3 is 6.61 Å². The molecule has 2 aromatic rings. The molecule has 0 unspecified atom stereocenters. The summed E-state index contributed by atoms with van der Waals surface area (Å²) in [6.07, 6.45) is 0.951. The maximum absolute atomic E-state index is 12.5. The van der Waals surface area contributed by atoms with E-state index in [1.807, 2.05) is 4.72 Å². The zero-order chi connectivity index (χ0) is 16.8. The number of fused-ring (bicyclic) bond motifs is 1. The molecule has 6 nitrogen and oxygen atoms in total. The van der Waals surface area contributed by atoms with Crippen molar-refractivity contribution in [3.63, 3.8) is 0 Å². The van der Waals surface area contributed by atoms with Crippen LogP contribution in [0.3, 0.4) is 0 Å². The van der Waals surface area contributed by atoms with Crippen LogP contribution in [-0.4, -0.2) is 30.7 Å². The topological polar surface area (TPSA) is 85.4 Å². The predicted octanol–water partition coefficient (Wildman–Crippen LogP) is 2.51. The Bertz CT molecular complexity index is 875. The standard InChI is InChI=1S/C13H12F2N2O4S2/c1-13(2-3-13)23(19,20)17-11(18)7-4-8(21-12(14)15)10-9(5-7)22-6-16-10/h4-6,12H,2-3H2,1H3,(H,17,18). The molecule has 1 fully saturated rings. The van der Waals surface area contributed by atoms with Crippen LogP contribution in [0, 0.1) is 0 Å². The number of halogens is 2. The molecule has 124 valence electrons. The van der Waals surface area contributed by atoms with Gasteiger partial charge in [0, 0.05) is 5.56 Å². The van der Waals surface area contributed by atoms with Gasteiger partial charge in [-0.05, 0) is 31.9 Å². The number of sulfonamides is 1. The number of carbonyl (C=O) groups is 1. The fourth-order valence-electron chi connectivity index (χ4n) is 2.00. The quantitative estimate of drug-likeness (QED) is 0.883. The zero-order valence-corrected chi connectivity index (χ0v) is 13.5. The summed E-state index contributed by atoms with van der Waals surface area (Å²) >= 11 is 1.13. The van der Waals surface area contributed by atoms with Gasteiger partial charge in [-0.15, -0.1) is 11.3 Å². The summed E-state index contributed by atoms with van der Waals surface area (Å²) in [7, 11) is -3.81. The van der Waals surface area contributed by atoms with Gasteiger partial charge in [-0.1, -0.05) is 0 Å². The number of aromatic nitrogens is 1. The molecular weight excluding hydrogens is 350 g/mol. The third-order valence-corrected chi connectivity index (χ3v) is 6.65. The van der Waals surface area contributed by atoms with E-state index in [4.69, 9.17) is 0 Å². The van der Waals surface area contributed by atoms with Gasteiger partial charge in [0.15, 0.2) is 5.75 Å². The van der Waals surface area contributed by atoms with Crippen LogP contribution >= 0.6 is 11.3 Å². The molecule has 1 heterocycles. The minimum Gasteiger partial charge on any atom is -0.432 e. The van der Waals surface area contributed by atoms with Gasteiger partial charge in [0.2, 0.25) is 10.0 Å². The Morgan fingerprint density at radius 3 is 2.74 bits per heavy atom. The molecule has 1 saturated carbocycles. The predicted molar refractivity (Wildman–Crippen MR) is 80.3 cm³/mol. The van der Waals surface area contributed by atoms with Crippen molar-refractivity contribution in [2.45, 2.75) is 31.1 Å². The summed E-state index contributed by atoms with van der Waals surface area (Å²) in [6.45, 7) is -1.53. The van der Waals surface area contributed by atoms with Gasteiger partial charge in [-0.25, -0.2) is 18.1 Å². The van der Waals surface area contributed by atoms with Crippen LogP contribution < -0.4 is 9.46 Å². The van der Waals surface area contributed by atoms with Gasteiger partial charge in [0.1, 0.15) is 5.52 Å². The van der Waals surface area contributed by atoms with Crippen molar-refractivity contribution in [2.75, 3.05) is 0 Å². The smallest absolute Gasteiger partial charge is 0.387 e. The lowest BCUT2D eigenvalue weighted by Crippen LogP contribution is -2.38. The number of nitrogens with zero attached hydrogens (tertiary/aromatic N) is 1. The molecule has 3 rings (SSSR count). The normalized spacial score (nSPS) is 16.5. The molecule has 0 aliphatic heterocycles. The SMILES string of the molecule is CC1(S(=O)(=O)NC(=O)c2cc(OC(F)F)c3ncsc3c2)CC1. The van der Waals surface area contributed by atoms with Crippen LogP contribution in [0.1, 0.15) is 30.1 Å². The molecule has 0 atom stereocenters. The average molecular weight is 362 g/mol. The number of hydrogen-bond donors (Lipinski definition) is 1. The first-order valence-electron chi connectivity index (χ1n) is 6.61. The van der Waals surface area contributed by atoms with E-state index in [1.54, 1.807) is 6.92 Å². The van der Waals surface area contributed by atoms with E-state index in [-0.39, 0.29) is 16.8 Å². The first-order chi connectivity index (χ1) is 10.7. The molecule has 0 spiro atoms. The Hall–Kier alpha value is -1.81. The van der Waals surface area contributed by atoms with E-state index in [0.717, 1.165) is 17.4 Å². The number of alkyl halides is 2. The van der Waals surface area contributed by atoms with Crippen LogP contribution in [0.4, 0.5) is 8.78 Å². The molecule has 10 heteroatoms. The second kappa shape index (κ2) is 5.38. The third-order valence-electron chi connectivity index (χ3n) is 3.71. The zero-order valence-electron chi connectivity index (χ0n) is 11.9. The van der Waals surface area contributed by atoms with Crippen molar-refractivity contribution in [1.82, 2.24) is 9.71 Å². The van der Waals surface area contributed by atoms with E-state index >= 15 is 0 Å². The Morgan fingerprint density at radius 1 is 1.43 bits per heavy atom. The molecule has 1 aromatic heterocycles. The highest BCUT2D eigenvalue weighted by Crippen LogP contribution is 2.42. The second-order valence-corrected chi connectivity index (χ2v) is 8.52. The van der Waals surface area contributed by atoms with E-state index in [9.17, 15) is 22.0 Å². The summed E-state index contributed by atoms with van der Waals surface area (Å²) < 4.78 is 55.0. The van der Waals surface area contributed by atoms with E-state index in [2.05, 4.69) is 9.72 Å². The molecule has 1 aromatic carbocycles. The van der Waals surface area contributed by atoms with Crippen LogP contribution in [-0.2, 0) is 10.0 Å². The molecule has 23 heavy (non-hydrogen) atoms. The lowest BCUT2D eigenvalue weighted by molar-refractivity contribution is -0.0489. The Labute approximate surface area is 134 Å². The van der Waals surface area contributed by atoms with Crippen molar-refractivity contribution >= 4 is 37.5 Å². The van der Waals surface area contributed by atoms with E-state index in [1.165, 1.54) is 11.6 Å². The van der Waals surface area contributed by atoms with Crippen molar-refractivity contribution in [3.05, 3.63) is 23.2 Å². The maximum Gasteiger partial charge on any atom is 0.387 e. The fourth-order valence-corrected chi connectivity index (χ4v) is 3.98. The molecule has 0 saturated heterocycles. The molecule has 1 amide bonds. The largest absolute Gasteiger partial charge is 0.432 e. The molecule has 0 radical (unpaired) electrons. The van der Waals surface area contributed by atoms with Crippen molar-refractivity contribution in [1.29, 1.82) is 0 Å². The highest BCUT2D eigenvalue weighted by molar-refractivity contribution is 7.91. The monoisotopic (exact) mass is 362 g/mol. The lowest BCUT2D eigenvalue weighted by atomic mass is 10.2. The third kappa shape index (κ3) is 3.00. The molecule has 1 aliphatic carbocycles. The Balaban J connectivity index is 1.94. The number of ether oxygens (including phenoxy) is 1. The summed E-state index contributed by atoms with van der Waals surface area (Å²) in [5.74, 6) is -1.15. The van der Waals surface area contributed by atoms with E-state index in [0.29, 0.717) is 17.5 Å². The number of benzene rings is 1.